The van der Waals surface area contributed by atoms with E-state index in [2.05, 4.69) is 33.6 Å². The van der Waals surface area contributed by atoms with Gasteiger partial charge in [0.25, 0.3) is 11.8 Å². The number of nitrogens with zero attached hydrogens (tertiary/aromatic N) is 2. The quantitative estimate of drug-likeness (QED) is 0.710. The second kappa shape index (κ2) is 7.50. The smallest absolute Gasteiger partial charge is 0.344 e. The van der Waals surface area contributed by atoms with Crippen molar-refractivity contribution in [3.8, 4) is 0 Å². The van der Waals surface area contributed by atoms with Crippen molar-refractivity contribution in [2.45, 2.75) is 45.1 Å². The lowest BCUT2D eigenvalue weighted by molar-refractivity contribution is -0.139. The summed E-state index contributed by atoms with van der Waals surface area (Å²) in [6, 6.07) is 5.23. The third kappa shape index (κ3) is 3.95. The lowest BCUT2D eigenvalue weighted by atomic mass is 9.77. The van der Waals surface area contributed by atoms with Gasteiger partial charge in [-0.25, -0.2) is 4.79 Å². The van der Waals surface area contributed by atoms with E-state index in [4.69, 9.17) is 0 Å². The molecule has 1 aliphatic heterocycles. The zero-order valence-corrected chi connectivity index (χ0v) is 17.4. The van der Waals surface area contributed by atoms with Gasteiger partial charge in [0, 0.05) is 17.2 Å². The predicted molar refractivity (Wildman–Crippen MR) is 106 cm³/mol. The molecule has 2 fully saturated rings. The summed E-state index contributed by atoms with van der Waals surface area (Å²) in [4.78, 5) is 39.2. The highest BCUT2D eigenvalue weighted by molar-refractivity contribution is 9.10. The van der Waals surface area contributed by atoms with Gasteiger partial charge >= 0.3 is 6.03 Å². The number of aryl methyl sites for hydroxylation is 1. The third-order valence-corrected chi connectivity index (χ3v) is 6.38. The van der Waals surface area contributed by atoms with Gasteiger partial charge in [0.05, 0.1) is 6.54 Å². The number of imide groups is 1. The van der Waals surface area contributed by atoms with E-state index in [1.807, 2.05) is 25.1 Å². The Morgan fingerprint density at radius 3 is 2.67 bits per heavy atom. The average Bonchev–Trinajstić information content (AvgIpc) is 2.84. The Morgan fingerprint density at radius 1 is 1.37 bits per heavy atom. The summed E-state index contributed by atoms with van der Waals surface area (Å²) >= 11 is 3.45. The van der Waals surface area contributed by atoms with Crippen molar-refractivity contribution < 1.29 is 14.4 Å². The van der Waals surface area contributed by atoms with Gasteiger partial charge in [-0.3, -0.25) is 15.0 Å². The molecule has 0 unspecified atom stereocenters. The van der Waals surface area contributed by atoms with E-state index < -0.39 is 17.5 Å². The van der Waals surface area contributed by atoms with Gasteiger partial charge in [0.2, 0.25) is 0 Å². The summed E-state index contributed by atoms with van der Waals surface area (Å²) in [5.74, 6) is -0.218. The molecular formula is C19H25BrN4O3. The SMILES string of the molecule is Cc1cc(N(C)CC(=O)NN2C(=O)NC3(CCC(C)CC3)C2=O)ccc1Br. The van der Waals surface area contributed by atoms with Crippen molar-refractivity contribution in [3.63, 3.8) is 0 Å². The summed E-state index contributed by atoms with van der Waals surface area (Å²) in [7, 11) is 1.79. The van der Waals surface area contributed by atoms with E-state index >= 15 is 0 Å². The van der Waals surface area contributed by atoms with Gasteiger partial charge in [0.15, 0.2) is 0 Å². The molecule has 7 nitrogen and oxygen atoms in total. The molecule has 27 heavy (non-hydrogen) atoms. The first-order valence-corrected chi connectivity index (χ1v) is 9.94. The summed E-state index contributed by atoms with van der Waals surface area (Å²) in [5.41, 5.74) is 3.55. The first kappa shape index (κ1) is 19.7. The largest absolute Gasteiger partial charge is 0.365 e. The molecule has 1 aromatic carbocycles. The highest BCUT2D eigenvalue weighted by Gasteiger charge is 2.52. The van der Waals surface area contributed by atoms with E-state index in [0.717, 1.165) is 33.6 Å². The van der Waals surface area contributed by atoms with Crippen molar-refractivity contribution in [1.82, 2.24) is 15.8 Å². The van der Waals surface area contributed by atoms with Crippen LogP contribution in [0.4, 0.5) is 10.5 Å². The van der Waals surface area contributed by atoms with Crippen LogP contribution in [0.15, 0.2) is 22.7 Å². The molecule has 1 aliphatic carbocycles. The van der Waals surface area contributed by atoms with Crippen molar-refractivity contribution in [1.29, 1.82) is 0 Å². The van der Waals surface area contributed by atoms with Crippen molar-refractivity contribution in [2.75, 3.05) is 18.5 Å². The molecule has 2 N–H and O–H groups in total. The van der Waals surface area contributed by atoms with E-state index in [1.54, 1.807) is 11.9 Å². The summed E-state index contributed by atoms with van der Waals surface area (Å²) in [5, 5.41) is 3.64. The van der Waals surface area contributed by atoms with Crippen LogP contribution in [0.3, 0.4) is 0 Å². The number of rotatable bonds is 4. The summed E-state index contributed by atoms with van der Waals surface area (Å²) < 4.78 is 0.996. The topological polar surface area (TPSA) is 81.8 Å². The van der Waals surface area contributed by atoms with Crippen molar-refractivity contribution in [2.24, 2.45) is 5.92 Å². The Balaban J connectivity index is 1.62. The molecule has 3 rings (SSSR count). The van der Waals surface area contributed by atoms with Crippen LogP contribution in [-0.2, 0) is 9.59 Å². The first-order chi connectivity index (χ1) is 12.7. The van der Waals surface area contributed by atoms with Gasteiger partial charge in [-0.2, -0.15) is 5.01 Å². The van der Waals surface area contributed by atoms with E-state index in [-0.39, 0.29) is 12.5 Å². The number of likely N-dealkylation sites (N-methyl/N-ethyl adjacent to an activating group) is 1. The fourth-order valence-electron chi connectivity index (χ4n) is 3.65. The molecule has 0 radical (unpaired) electrons. The number of hydrazine groups is 1. The molecule has 2 aliphatic rings. The standard InChI is InChI=1S/C19H25BrN4O3/c1-12-6-8-19(9-7-12)17(26)24(18(27)21-19)22-16(25)11-23(3)14-4-5-15(20)13(2)10-14/h4-5,10,12H,6-9,11H2,1-3H3,(H,21,27)(H,22,25). The number of carbonyl (C=O) groups excluding carboxylic acids is 3. The second-order valence-corrected chi connectivity index (χ2v) is 8.51. The number of carbonyl (C=O) groups is 3. The average molecular weight is 437 g/mol. The molecule has 1 heterocycles. The van der Waals surface area contributed by atoms with Gasteiger partial charge in [-0.1, -0.05) is 22.9 Å². The molecule has 1 saturated heterocycles. The Bertz CT molecular complexity index is 774. The molecular weight excluding hydrogens is 412 g/mol. The number of anilines is 1. The lowest BCUT2D eigenvalue weighted by Crippen LogP contribution is -2.52. The number of nitrogens with one attached hydrogen (secondary N) is 2. The fraction of sp³-hybridized carbons (Fsp3) is 0.526. The van der Waals surface area contributed by atoms with Crippen LogP contribution in [0.5, 0.6) is 0 Å². The number of hydrogen-bond acceptors (Lipinski definition) is 4. The first-order valence-electron chi connectivity index (χ1n) is 9.15. The number of benzene rings is 1. The van der Waals surface area contributed by atoms with Crippen LogP contribution < -0.4 is 15.6 Å². The van der Waals surface area contributed by atoms with E-state index in [1.165, 1.54) is 0 Å². The molecule has 1 aromatic rings. The zero-order chi connectivity index (χ0) is 19.8. The van der Waals surface area contributed by atoms with Crippen molar-refractivity contribution in [3.05, 3.63) is 28.2 Å². The highest BCUT2D eigenvalue weighted by atomic mass is 79.9. The number of urea groups is 1. The molecule has 8 heteroatoms. The normalized spacial score (nSPS) is 24.9. The molecule has 4 amide bonds. The van der Waals surface area contributed by atoms with Gasteiger partial charge in [-0.15, -0.1) is 0 Å². The maximum absolute atomic E-state index is 12.8. The van der Waals surface area contributed by atoms with Crippen LogP contribution in [0.1, 0.15) is 38.2 Å². The summed E-state index contributed by atoms with van der Waals surface area (Å²) in [6.45, 7) is 4.15. The Labute approximate surface area is 167 Å². The minimum atomic E-state index is -0.856. The lowest BCUT2D eigenvalue weighted by Gasteiger charge is -2.33. The van der Waals surface area contributed by atoms with Crippen LogP contribution in [-0.4, -0.2) is 42.0 Å². The number of halogens is 1. The number of hydrogen-bond donors (Lipinski definition) is 2. The van der Waals surface area contributed by atoms with Gasteiger partial charge in [-0.05, 0) is 62.3 Å². The second-order valence-electron chi connectivity index (χ2n) is 7.66. The third-order valence-electron chi connectivity index (χ3n) is 5.49. The molecule has 0 aromatic heterocycles. The fourth-order valence-corrected chi connectivity index (χ4v) is 3.90. The van der Waals surface area contributed by atoms with Gasteiger partial charge in [0.1, 0.15) is 5.54 Å². The van der Waals surface area contributed by atoms with Crippen LogP contribution in [0.2, 0.25) is 0 Å². The van der Waals surface area contributed by atoms with E-state index in [9.17, 15) is 14.4 Å². The molecule has 146 valence electrons. The molecule has 0 bridgehead atoms. The Hall–Kier alpha value is -2.09. The maximum atomic E-state index is 12.8. The van der Waals surface area contributed by atoms with Crippen LogP contribution in [0.25, 0.3) is 0 Å². The molecule has 1 spiro atoms. The minimum absolute atomic E-state index is 0.0299. The van der Waals surface area contributed by atoms with Crippen LogP contribution >= 0.6 is 15.9 Å². The Kier molecular flexibility index (Phi) is 5.46. The van der Waals surface area contributed by atoms with Crippen LogP contribution in [0, 0.1) is 12.8 Å². The van der Waals surface area contributed by atoms with Crippen molar-refractivity contribution >= 4 is 39.5 Å². The summed E-state index contributed by atoms with van der Waals surface area (Å²) in [6.07, 6.45) is 3.01. The van der Waals surface area contributed by atoms with E-state index in [0.29, 0.717) is 18.8 Å². The zero-order valence-electron chi connectivity index (χ0n) is 15.8. The van der Waals surface area contributed by atoms with Gasteiger partial charge < -0.3 is 10.2 Å². The molecule has 0 atom stereocenters. The minimum Gasteiger partial charge on any atom is -0.365 e. The molecule has 1 saturated carbocycles. The predicted octanol–water partition coefficient (Wildman–Crippen LogP) is 2.73. The highest BCUT2D eigenvalue weighted by Crippen LogP contribution is 2.35. The Morgan fingerprint density at radius 2 is 2.04 bits per heavy atom. The monoisotopic (exact) mass is 436 g/mol. The number of amides is 4. The maximum Gasteiger partial charge on any atom is 0.344 e.